The summed E-state index contributed by atoms with van der Waals surface area (Å²) in [6.45, 7) is 12.4. The molecule has 0 amide bonds. The van der Waals surface area contributed by atoms with Crippen molar-refractivity contribution in [2.24, 2.45) is 5.92 Å². The van der Waals surface area contributed by atoms with Gasteiger partial charge in [0.05, 0.1) is 0 Å². The molecule has 0 aliphatic carbocycles. The van der Waals surface area contributed by atoms with Gasteiger partial charge in [-0.05, 0) is 92.8 Å². The summed E-state index contributed by atoms with van der Waals surface area (Å²) in [6, 6.07) is 19.8. The van der Waals surface area contributed by atoms with E-state index in [1.165, 1.54) is 104 Å². The maximum Gasteiger partial charge on any atom is 0.186 e. The van der Waals surface area contributed by atoms with Gasteiger partial charge >= 0.3 is 0 Å². The van der Waals surface area contributed by atoms with Crippen LogP contribution in [-0.2, 0) is 17.3 Å². The predicted octanol–water partition coefficient (Wildman–Crippen LogP) is 13.4. The molecule has 0 saturated carbocycles. The van der Waals surface area contributed by atoms with Crippen molar-refractivity contribution in [3.8, 4) is 29.3 Å². The molecule has 0 fully saturated rings. The number of hydrogen-bond acceptors (Lipinski definition) is 5. The molecule has 0 aliphatic heterocycles. The van der Waals surface area contributed by atoms with E-state index in [9.17, 15) is 0 Å². The zero-order chi connectivity index (χ0) is 29.1. The molecule has 0 aromatic carbocycles. The van der Waals surface area contributed by atoms with E-state index in [0.29, 0.717) is 5.92 Å². The highest BCUT2D eigenvalue weighted by atomic mass is 32.1. The Bertz CT molecular complexity index is 1290. The minimum Gasteiger partial charge on any atom is -0.417 e. The topological polar surface area (TPSA) is 9.23 Å². The second-order valence-corrected chi connectivity index (χ2v) is 21.2. The van der Waals surface area contributed by atoms with Crippen LogP contribution in [-0.4, -0.2) is 14.9 Å². The van der Waals surface area contributed by atoms with Gasteiger partial charge in [0.25, 0.3) is 0 Å². The highest BCUT2D eigenvalue weighted by Crippen LogP contribution is 2.43. The van der Waals surface area contributed by atoms with Crippen LogP contribution < -0.4 is 0 Å². The Morgan fingerprint density at radius 1 is 0.561 bits per heavy atom. The third-order valence-corrected chi connectivity index (χ3v) is 15.3. The number of thiophene rings is 4. The molecule has 4 aromatic rings. The maximum atomic E-state index is 6.20. The summed E-state index contributed by atoms with van der Waals surface area (Å²) in [6.07, 6.45) is 14.8. The zero-order valence-electron chi connectivity index (χ0n) is 25.9. The first kappa shape index (κ1) is 32.9. The fourth-order valence-corrected chi connectivity index (χ4v) is 11.4. The van der Waals surface area contributed by atoms with Crippen LogP contribution in [0.5, 0.6) is 0 Å². The van der Waals surface area contributed by atoms with Crippen LogP contribution in [0.4, 0.5) is 0 Å². The van der Waals surface area contributed by atoms with Gasteiger partial charge in [0, 0.05) is 45.6 Å². The van der Waals surface area contributed by atoms with E-state index in [2.05, 4.69) is 82.4 Å². The third-order valence-electron chi connectivity index (χ3n) is 7.62. The van der Waals surface area contributed by atoms with E-state index >= 15 is 0 Å². The smallest absolute Gasteiger partial charge is 0.186 e. The predicted molar refractivity (Wildman–Crippen MR) is 192 cm³/mol. The highest BCUT2D eigenvalue weighted by Gasteiger charge is 2.21. The van der Waals surface area contributed by atoms with E-state index in [0.717, 1.165) is 13.0 Å². The first-order chi connectivity index (χ1) is 19.8. The summed E-state index contributed by atoms with van der Waals surface area (Å²) in [7, 11) is -1.42. The van der Waals surface area contributed by atoms with E-state index in [1.807, 2.05) is 45.3 Å². The van der Waals surface area contributed by atoms with Gasteiger partial charge in [-0.15, -0.1) is 45.3 Å². The fraction of sp³-hybridized carbons (Fsp3) is 0.543. The lowest BCUT2D eigenvalue weighted by molar-refractivity contribution is 0.260. The van der Waals surface area contributed by atoms with Gasteiger partial charge in [0.2, 0.25) is 0 Å². The van der Waals surface area contributed by atoms with Crippen LogP contribution in [0.1, 0.15) is 88.3 Å². The van der Waals surface area contributed by atoms with Crippen molar-refractivity contribution in [3.05, 3.63) is 58.3 Å². The van der Waals surface area contributed by atoms with Gasteiger partial charge in [0.1, 0.15) is 0 Å². The lowest BCUT2D eigenvalue weighted by atomic mass is 10.1. The van der Waals surface area contributed by atoms with E-state index in [4.69, 9.17) is 4.43 Å². The Morgan fingerprint density at radius 2 is 0.976 bits per heavy atom. The Hall–Kier alpha value is -1.02. The summed E-state index contributed by atoms with van der Waals surface area (Å²) in [4.78, 5) is 11.4. The molecule has 0 atom stereocenters. The normalized spacial score (nSPS) is 12.1. The van der Waals surface area contributed by atoms with Gasteiger partial charge in [-0.2, -0.15) is 0 Å². The first-order valence-electron chi connectivity index (χ1n) is 15.8. The van der Waals surface area contributed by atoms with Crippen LogP contribution in [0.25, 0.3) is 29.3 Å². The quantitative estimate of drug-likeness (QED) is 0.0730. The average molecular weight is 643 g/mol. The summed E-state index contributed by atoms with van der Waals surface area (Å²) in [5, 5.41) is 0. The van der Waals surface area contributed by atoms with Crippen molar-refractivity contribution in [3.63, 3.8) is 0 Å². The molecule has 0 N–H and O–H groups in total. The summed E-state index contributed by atoms with van der Waals surface area (Å²) < 4.78 is 6.20. The maximum absolute atomic E-state index is 6.20. The second-order valence-electron chi connectivity index (χ2n) is 12.4. The Morgan fingerprint density at radius 3 is 1.46 bits per heavy atom. The molecule has 4 heterocycles. The van der Waals surface area contributed by atoms with Crippen molar-refractivity contribution >= 4 is 53.7 Å². The Labute approximate surface area is 267 Å². The SMILES string of the molecule is CCc1ccc(-c2ccc(-c3ccc(-c4ccc(CCCCCCCCCCC[Si](C)(C)OCC(C)C)s4)s3)s2)s1. The number of unbranched alkanes of at least 4 members (excludes halogenated alkanes) is 8. The van der Waals surface area contributed by atoms with Crippen molar-refractivity contribution < 1.29 is 4.43 Å². The molecule has 0 bridgehead atoms. The van der Waals surface area contributed by atoms with Crippen molar-refractivity contribution in [2.75, 3.05) is 6.61 Å². The van der Waals surface area contributed by atoms with E-state index < -0.39 is 8.32 Å². The van der Waals surface area contributed by atoms with Gasteiger partial charge in [-0.25, -0.2) is 0 Å². The number of hydrogen-bond donors (Lipinski definition) is 0. The Kier molecular flexibility index (Phi) is 13.4. The van der Waals surface area contributed by atoms with Crippen LogP contribution in [0.2, 0.25) is 19.1 Å². The van der Waals surface area contributed by atoms with Crippen molar-refractivity contribution in [1.29, 1.82) is 0 Å². The molecular formula is C35H50OS4Si. The van der Waals surface area contributed by atoms with Crippen LogP contribution in [0.15, 0.2) is 48.5 Å². The molecule has 1 nitrogen and oxygen atoms in total. The van der Waals surface area contributed by atoms with Crippen molar-refractivity contribution in [2.45, 2.75) is 111 Å². The molecule has 0 radical (unpaired) electrons. The molecule has 4 rings (SSSR count). The molecular weight excluding hydrogens is 593 g/mol. The van der Waals surface area contributed by atoms with Gasteiger partial charge < -0.3 is 4.43 Å². The molecule has 6 heteroatoms. The molecule has 224 valence electrons. The van der Waals surface area contributed by atoms with Gasteiger partial charge in [-0.1, -0.05) is 72.1 Å². The number of rotatable bonds is 19. The monoisotopic (exact) mass is 642 g/mol. The summed E-state index contributed by atoms with van der Waals surface area (Å²) in [5.41, 5.74) is 0. The van der Waals surface area contributed by atoms with E-state index in [-0.39, 0.29) is 0 Å². The minimum absolute atomic E-state index is 0.654. The standard InChI is InChI=1S/C35H50OS4Si/c1-6-28-17-19-30(37-28)32-21-23-34(39-32)35-24-22-33(40-35)31-20-18-29(38-31)16-14-12-10-8-7-9-11-13-15-25-41(4,5)36-26-27(2)3/h17-24,27H,6-16,25-26H2,1-5H3. The first-order valence-corrected chi connectivity index (χ1v) is 22.2. The van der Waals surface area contributed by atoms with Crippen LogP contribution in [0, 0.1) is 5.92 Å². The largest absolute Gasteiger partial charge is 0.417 e. The third kappa shape index (κ3) is 10.9. The molecule has 0 unspecified atom stereocenters. The van der Waals surface area contributed by atoms with Crippen molar-refractivity contribution in [1.82, 2.24) is 0 Å². The Balaban J connectivity index is 1.09. The fourth-order valence-electron chi connectivity index (χ4n) is 5.10. The zero-order valence-corrected chi connectivity index (χ0v) is 30.2. The average Bonchev–Trinajstić information content (AvgIpc) is 3.76. The second kappa shape index (κ2) is 16.7. The van der Waals surface area contributed by atoms with Gasteiger partial charge in [0.15, 0.2) is 8.32 Å². The molecule has 0 spiro atoms. The van der Waals surface area contributed by atoms with Gasteiger partial charge in [-0.3, -0.25) is 0 Å². The molecule has 0 saturated heterocycles. The summed E-state index contributed by atoms with van der Waals surface area (Å²) in [5.74, 6) is 0.654. The lowest BCUT2D eigenvalue weighted by Gasteiger charge is -2.24. The molecule has 41 heavy (non-hydrogen) atoms. The molecule has 0 aliphatic rings. The minimum atomic E-state index is -1.42. The highest BCUT2D eigenvalue weighted by molar-refractivity contribution is 7.28. The van der Waals surface area contributed by atoms with Crippen LogP contribution >= 0.6 is 45.3 Å². The molecule has 4 aromatic heterocycles. The summed E-state index contributed by atoms with van der Waals surface area (Å²) >= 11 is 7.79. The van der Waals surface area contributed by atoms with E-state index in [1.54, 1.807) is 4.88 Å². The lowest BCUT2D eigenvalue weighted by Crippen LogP contribution is -2.31. The van der Waals surface area contributed by atoms with Crippen LogP contribution in [0.3, 0.4) is 0 Å². The number of aryl methyl sites for hydroxylation is 2.